The van der Waals surface area contributed by atoms with Gasteiger partial charge in [0.1, 0.15) is 0 Å². The lowest BCUT2D eigenvalue weighted by atomic mass is 9.73. The van der Waals surface area contributed by atoms with E-state index in [1.165, 1.54) is 38.5 Å². The summed E-state index contributed by atoms with van der Waals surface area (Å²) in [5.41, 5.74) is 6.43. The summed E-state index contributed by atoms with van der Waals surface area (Å²) in [6.45, 7) is 2.79. The quantitative estimate of drug-likeness (QED) is 0.708. The summed E-state index contributed by atoms with van der Waals surface area (Å²) in [5, 5.41) is 0. The second-order valence-corrected chi connectivity index (χ2v) is 6.39. The third-order valence-electron chi connectivity index (χ3n) is 5.18. The predicted octanol–water partition coefficient (Wildman–Crippen LogP) is 2.25. The molecule has 18 heavy (non-hydrogen) atoms. The van der Waals surface area contributed by atoms with Gasteiger partial charge in [0.2, 0.25) is 0 Å². The SMILES string of the molecule is COCCCN(C)C1(CN)CCCC(C2CC2)C1. The van der Waals surface area contributed by atoms with Crippen molar-refractivity contribution in [2.75, 3.05) is 33.9 Å². The average molecular weight is 254 g/mol. The van der Waals surface area contributed by atoms with Crippen LogP contribution in [-0.2, 0) is 4.74 Å². The van der Waals surface area contributed by atoms with Crippen molar-refractivity contribution in [2.24, 2.45) is 17.6 Å². The molecular weight excluding hydrogens is 224 g/mol. The molecule has 0 aromatic carbocycles. The number of hydrogen-bond acceptors (Lipinski definition) is 3. The molecule has 0 aromatic rings. The van der Waals surface area contributed by atoms with Crippen molar-refractivity contribution < 1.29 is 4.74 Å². The van der Waals surface area contributed by atoms with Crippen LogP contribution >= 0.6 is 0 Å². The van der Waals surface area contributed by atoms with Gasteiger partial charge in [-0.15, -0.1) is 0 Å². The van der Waals surface area contributed by atoms with Crippen molar-refractivity contribution in [3.63, 3.8) is 0 Å². The maximum absolute atomic E-state index is 6.15. The van der Waals surface area contributed by atoms with Crippen LogP contribution in [0, 0.1) is 11.8 Å². The van der Waals surface area contributed by atoms with E-state index in [0.717, 1.165) is 38.0 Å². The minimum atomic E-state index is 0.277. The lowest BCUT2D eigenvalue weighted by Crippen LogP contribution is -2.55. The van der Waals surface area contributed by atoms with Gasteiger partial charge >= 0.3 is 0 Å². The first-order valence-electron chi connectivity index (χ1n) is 7.62. The molecule has 2 saturated carbocycles. The molecule has 106 valence electrons. The fraction of sp³-hybridized carbons (Fsp3) is 1.00. The van der Waals surface area contributed by atoms with Crippen LogP contribution in [0.4, 0.5) is 0 Å². The van der Waals surface area contributed by atoms with Crippen molar-refractivity contribution in [1.29, 1.82) is 0 Å². The zero-order valence-corrected chi connectivity index (χ0v) is 12.2. The molecule has 3 nitrogen and oxygen atoms in total. The molecular formula is C15H30N2O. The predicted molar refractivity (Wildman–Crippen MR) is 75.6 cm³/mol. The van der Waals surface area contributed by atoms with Gasteiger partial charge in [0.15, 0.2) is 0 Å². The van der Waals surface area contributed by atoms with Crippen molar-refractivity contribution in [3.05, 3.63) is 0 Å². The number of rotatable bonds is 7. The zero-order valence-electron chi connectivity index (χ0n) is 12.2. The highest BCUT2D eigenvalue weighted by atomic mass is 16.5. The Labute approximate surface area is 112 Å². The fourth-order valence-corrected chi connectivity index (χ4v) is 3.73. The second kappa shape index (κ2) is 6.36. The van der Waals surface area contributed by atoms with Crippen LogP contribution in [-0.4, -0.2) is 44.3 Å². The summed E-state index contributed by atoms with van der Waals surface area (Å²) >= 11 is 0. The topological polar surface area (TPSA) is 38.5 Å². The number of hydrogen-bond donors (Lipinski definition) is 1. The highest BCUT2D eigenvalue weighted by molar-refractivity contribution is 4.98. The molecule has 2 unspecified atom stereocenters. The highest BCUT2D eigenvalue weighted by Crippen LogP contribution is 2.47. The Balaban J connectivity index is 1.90. The largest absolute Gasteiger partial charge is 0.385 e. The van der Waals surface area contributed by atoms with E-state index in [0.29, 0.717) is 0 Å². The molecule has 0 bridgehead atoms. The maximum atomic E-state index is 6.15. The third kappa shape index (κ3) is 3.25. The van der Waals surface area contributed by atoms with Crippen LogP contribution < -0.4 is 5.73 Å². The molecule has 2 fully saturated rings. The van der Waals surface area contributed by atoms with E-state index in [1.807, 2.05) is 0 Å². The molecule has 2 aliphatic carbocycles. The molecule has 0 spiro atoms. The van der Waals surface area contributed by atoms with E-state index >= 15 is 0 Å². The van der Waals surface area contributed by atoms with E-state index in [9.17, 15) is 0 Å². The van der Waals surface area contributed by atoms with Gasteiger partial charge in [-0.2, -0.15) is 0 Å². The minimum absolute atomic E-state index is 0.277. The van der Waals surface area contributed by atoms with Gasteiger partial charge in [0, 0.05) is 32.3 Å². The molecule has 2 atom stereocenters. The molecule has 3 heteroatoms. The summed E-state index contributed by atoms with van der Waals surface area (Å²) in [7, 11) is 4.04. The minimum Gasteiger partial charge on any atom is -0.385 e. The fourth-order valence-electron chi connectivity index (χ4n) is 3.73. The number of likely N-dealkylation sites (N-methyl/N-ethyl adjacent to an activating group) is 1. The van der Waals surface area contributed by atoms with Crippen molar-refractivity contribution in [2.45, 2.75) is 50.5 Å². The lowest BCUT2D eigenvalue weighted by molar-refractivity contribution is 0.0450. The first-order valence-corrected chi connectivity index (χ1v) is 7.62. The Morgan fingerprint density at radius 3 is 2.67 bits per heavy atom. The molecule has 2 rings (SSSR count). The molecule has 2 N–H and O–H groups in total. The van der Waals surface area contributed by atoms with Gasteiger partial charge in [-0.3, -0.25) is 4.90 Å². The van der Waals surface area contributed by atoms with Crippen LogP contribution in [0.3, 0.4) is 0 Å². The zero-order chi connectivity index (χ0) is 13.0. The Hall–Kier alpha value is -0.120. The van der Waals surface area contributed by atoms with Gasteiger partial charge in [-0.05, 0) is 51.0 Å². The molecule has 2 aliphatic rings. The van der Waals surface area contributed by atoms with Crippen LogP contribution in [0.1, 0.15) is 44.9 Å². The molecule has 0 amide bonds. The number of nitrogens with zero attached hydrogens (tertiary/aromatic N) is 1. The lowest BCUT2D eigenvalue weighted by Gasteiger charge is -2.47. The number of ether oxygens (including phenoxy) is 1. The number of nitrogens with two attached hydrogens (primary N) is 1. The molecule has 0 aliphatic heterocycles. The Morgan fingerprint density at radius 2 is 2.06 bits per heavy atom. The van der Waals surface area contributed by atoms with Crippen LogP contribution in [0.25, 0.3) is 0 Å². The van der Waals surface area contributed by atoms with Crippen molar-refractivity contribution >= 4 is 0 Å². The summed E-state index contributed by atoms with van der Waals surface area (Å²) in [6, 6.07) is 0. The van der Waals surface area contributed by atoms with Crippen molar-refractivity contribution in [1.82, 2.24) is 4.90 Å². The smallest absolute Gasteiger partial charge is 0.0474 e. The Bertz CT molecular complexity index is 255. The van der Waals surface area contributed by atoms with Gasteiger partial charge in [-0.1, -0.05) is 12.8 Å². The molecule has 0 aromatic heterocycles. The standard InChI is InChI=1S/C15H30N2O/c1-17(9-4-10-18-2)15(12-16)8-3-5-14(11-15)13-6-7-13/h13-14H,3-12,16H2,1-2H3. The summed E-state index contributed by atoms with van der Waals surface area (Å²) < 4.78 is 5.16. The van der Waals surface area contributed by atoms with E-state index in [1.54, 1.807) is 7.11 Å². The Kier molecular flexibility index (Phi) is 5.05. The summed E-state index contributed by atoms with van der Waals surface area (Å²) in [5.74, 6) is 1.98. The van der Waals surface area contributed by atoms with Crippen LogP contribution in [0.5, 0.6) is 0 Å². The van der Waals surface area contributed by atoms with E-state index in [-0.39, 0.29) is 5.54 Å². The van der Waals surface area contributed by atoms with Gasteiger partial charge in [0.25, 0.3) is 0 Å². The van der Waals surface area contributed by atoms with E-state index in [2.05, 4.69) is 11.9 Å². The maximum Gasteiger partial charge on any atom is 0.0474 e. The first-order chi connectivity index (χ1) is 8.72. The van der Waals surface area contributed by atoms with Gasteiger partial charge in [-0.25, -0.2) is 0 Å². The second-order valence-electron chi connectivity index (χ2n) is 6.39. The first kappa shape index (κ1) is 14.3. The van der Waals surface area contributed by atoms with Gasteiger partial charge in [0.05, 0.1) is 0 Å². The molecule has 0 saturated heterocycles. The molecule has 0 radical (unpaired) electrons. The third-order valence-corrected chi connectivity index (χ3v) is 5.18. The van der Waals surface area contributed by atoms with E-state index < -0.39 is 0 Å². The monoisotopic (exact) mass is 254 g/mol. The summed E-state index contributed by atoms with van der Waals surface area (Å²) in [4.78, 5) is 2.53. The number of methoxy groups -OCH3 is 1. The van der Waals surface area contributed by atoms with E-state index in [4.69, 9.17) is 10.5 Å². The van der Waals surface area contributed by atoms with Gasteiger partial charge < -0.3 is 10.5 Å². The average Bonchev–Trinajstić information content (AvgIpc) is 3.23. The van der Waals surface area contributed by atoms with Crippen molar-refractivity contribution in [3.8, 4) is 0 Å². The summed E-state index contributed by atoms with van der Waals surface area (Å²) in [6.07, 6.45) is 9.49. The van der Waals surface area contributed by atoms with Crippen LogP contribution in [0.2, 0.25) is 0 Å². The normalized spacial score (nSPS) is 33.0. The highest BCUT2D eigenvalue weighted by Gasteiger charge is 2.43. The molecule has 0 heterocycles. The Morgan fingerprint density at radius 1 is 1.28 bits per heavy atom. The van der Waals surface area contributed by atoms with Crippen LogP contribution in [0.15, 0.2) is 0 Å².